The summed E-state index contributed by atoms with van der Waals surface area (Å²) in [4.78, 5) is 0. The molecule has 4 aliphatic carbocycles. The van der Waals surface area contributed by atoms with Gasteiger partial charge in [-0.3, -0.25) is 0 Å². The molecule has 1 atom stereocenters. The molecule has 4 bridgehead atoms. The quantitative estimate of drug-likeness (QED) is 0.921. The summed E-state index contributed by atoms with van der Waals surface area (Å²) in [6, 6.07) is 0.333. The Labute approximate surface area is 119 Å². The Hall–Kier alpha value is -0.480. The third kappa shape index (κ3) is 1.87. The molecule has 0 spiro atoms. The Morgan fingerprint density at radius 3 is 2.21 bits per heavy atom. The molecule has 4 saturated carbocycles. The molecule has 5 rings (SSSR count). The van der Waals surface area contributed by atoms with Crippen LogP contribution in [0.3, 0.4) is 0 Å². The van der Waals surface area contributed by atoms with Crippen molar-refractivity contribution >= 4 is 11.3 Å². The van der Waals surface area contributed by atoms with Gasteiger partial charge in [-0.05, 0) is 70.3 Å². The van der Waals surface area contributed by atoms with E-state index in [9.17, 15) is 0 Å². The maximum atomic E-state index is 4.60. The van der Waals surface area contributed by atoms with Crippen LogP contribution in [-0.4, -0.2) is 17.2 Å². The third-order valence-corrected chi connectivity index (χ3v) is 7.09. The van der Waals surface area contributed by atoms with Gasteiger partial charge in [-0.25, -0.2) is 0 Å². The van der Waals surface area contributed by atoms with Crippen molar-refractivity contribution < 1.29 is 0 Å². The predicted octanol–water partition coefficient (Wildman–Crippen LogP) is 3.29. The van der Waals surface area contributed by atoms with Crippen molar-refractivity contribution in [2.24, 2.45) is 17.8 Å². The largest absolute Gasteiger partial charge is 0.311 e. The lowest BCUT2D eigenvalue weighted by atomic mass is 9.50. The number of nitrogens with zero attached hydrogens (tertiary/aromatic N) is 2. The minimum atomic E-state index is 0.333. The first-order chi connectivity index (χ1) is 9.18. The van der Waals surface area contributed by atoms with E-state index < -0.39 is 0 Å². The van der Waals surface area contributed by atoms with Crippen molar-refractivity contribution in [3.63, 3.8) is 0 Å². The van der Waals surface area contributed by atoms with Crippen molar-refractivity contribution in [1.82, 2.24) is 15.5 Å². The molecule has 4 heteroatoms. The van der Waals surface area contributed by atoms with Crippen LogP contribution in [0.5, 0.6) is 0 Å². The van der Waals surface area contributed by atoms with Crippen LogP contribution < -0.4 is 5.32 Å². The van der Waals surface area contributed by atoms with Gasteiger partial charge in [-0.2, -0.15) is 0 Å². The van der Waals surface area contributed by atoms with E-state index in [0.29, 0.717) is 11.5 Å². The van der Waals surface area contributed by atoms with E-state index in [-0.39, 0.29) is 0 Å². The Kier molecular flexibility index (Phi) is 2.75. The highest BCUT2D eigenvalue weighted by molar-refractivity contribution is 7.11. The highest BCUT2D eigenvalue weighted by atomic mass is 32.1. The Bertz CT molecular complexity index is 446. The maximum absolute atomic E-state index is 4.60. The summed E-state index contributed by atoms with van der Waals surface area (Å²) in [5, 5.41) is 14.8. The predicted molar refractivity (Wildman–Crippen MR) is 77.2 cm³/mol. The first kappa shape index (κ1) is 12.3. The van der Waals surface area contributed by atoms with Crippen LogP contribution >= 0.6 is 11.3 Å². The van der Waals surface area contributed by atoms with Gasteiger partial charge in [-0.15, -0.1) is 10.2 Å². The SMILES string of the molecule is CNC(C)c1nnc(C23CC4CC(CC(C4)C2)C3)s1. The van der Waals surface area contributed by atoms with Gasteiger partial charge >= 0.3 is 0 Å². The van der Waals surface area contributed by atoms with Crippen LogP contribution in [0.1, 0.15) is 61.5 Å². The Morgan fingerprint density at radius 2 is 1.68 bits per heavy atom. The third-order valence-electron chi connectivity index (χ3n) is 5.74. The van der Waals surface area contributed by atoms with Crippen molar-refractivity contribution in [3.05, 3.63) is 10.0 Å². The van der Waals surface area contributed by atoms with Gasteiger partial charge in [0.05, 0.1) is 6.04 Å². The van der Waals surface area contributed by atoms with Gasteiger partial charge in [0.25, 0.3) is 0 Å². The van der Waals surface area contributed by atoms with Crippen LogP contribution in [0.2, 0.25) is 0 Å². The minimum absolute atomic E-state index is 0.333. The fourth-order valence-electron chi connectivity index (χ4n) is 5.12. The average molecular weight is 277 g/mol. The van der Waals surface area contributed by atoms with Crippen LogP contribution in [0.25, 0.3) is 0 Å². The van der Waals surface area contributed by atoms with Gasteiger partial charge in [0, 0.05) is 5.41 Å². The van der Waals surface area contributed by atoms with Gasteiger partial charge in [-0.1, -0.05) is 11.3 Å². The molecule has 104 valence electrons. The van der Waals surface area contributed by atoms with Crippen molar-refractivity contribution in [3.8, 4) is 0 Å². The monoisotopic (exact) mass is 277 g/mol. The Morgan fingerprint density at radius 1 is 1.11 bits per heavy atom. The summed E-state index contributed by atoms with van der Waals surface area (Å²) in [5.41, 5.74) is 0.415. The lowest BCUT2D eigenvalue weighted by molar-refractivity contribution is -0.00555. The zero-order chi connectivity index (χ0) is 13.0. The lowest BCUT2D eigenvalue weighted by Gasteiger charge is -2.55. The van der Waals surface area contributed by atoms with E-state index in [0.717, 1.165) is 22.8 Å². The molecule has 0 aliphatic heterocycles. The second-order valence-electron chi connectivity index (χ2n) is 7.15. The first-order valence-corrected chi connectivity index (χ1v) is 8.51. The molecule has 0 radical (unpaired) electrons. The standard InChI is InChI=1S/C15H23N3S/c1-9(16-2)13-17-18-14(19-13)15-6-10-3-11(7-15)5-12(4-10)8-15/h9-12,16H,3-8H2,1-2H3. The van der Waals surface area contributed by atoms with Crippen LogP contribution in [0.4, 0.5) is 0 Å². The number of nitrogens with one attached hydrogen (secondary N) is 1. The highest BCUT2D eigenvalue weighted by Crippen LogP contribution is 2.61. The fraction of sp³-hybridized carbons (Fsp3) is 0.867. The summed E-state index contributed by atoms with van der Waals surface area (Å²) in [6.45, 7) is 2.17. The zero-order valence-electron chi connectivity index (χ0n) is 11.9. The van der Waals surface area contributed by atoms with E-state index >= 15 is 0 Å². The summed E-state index contributed by atoms with van der Waals surface area (Å²) in [7, 11) is 2.00. The van der Waals surface area contributed by atoms with Gasteiger partial charge in [0.1, 0.15) is 10.0 Å². The molecule has 0 saturated heterocycles. The molecule has 3 nitrogen and oxygen atoms in total. The maximum Gasteiger partial charge on any atom is 0.134 e. The topological polar surface area (TPSA) is 37.8 Å². The van der Waals surface area contributed by atoms with Crippen LogP contribution in [0, 0.1) is 17.8 Å². The number of aromatic nitrogens is 2. The molecule has 0 amide bonds. The summed E-state index contributed by atoms with van der Waals surface area (Å²) in [6.07, 6.45) is 8.66. The second kappa shape index (κ2) is 4.26. The van der Waals surface area contributed by atoms with E-state index in [1.54, 1.807) is 0 Å². The van der Waals surface area contributed by atoms with Crippen LogP contribution in [0.15, 0.2) is 0 Å². The fourth-order valence-corrected chi connectivity index (χ4v) is 6.24. The number of hydrogen-bond acceptors (Lipinski definition) is 4. The molecule has 1 aromatic rings. The normalized spacial score (nSPS) is 41.7. The smallest absolute Gasteiger partial charge is 0.134 e. The molecular formula is C15H23N3S. The van der Waals surface area contributed by atoms with Crippen molar-refractivity contribution in [1.29, 1.82) is 0 Å². The first-order valence-electron chi connectivity index (χ1n) is 7.70. The lowest BCUT2D eigenvalue weighted by Crippen LogP contribution is -2.48. The van der Waals surface area contributed by atoms with E-state index in [2.05, 4.69) is 22.4 Å². The van der Waals surface area contributed by atoms with Crippen molar-refractivity contribution in [2.75, 3.05) is 7.05 Å². The molecule has 1 N–H and O–H groups in total. The highest BCUT2D eigenvalue weighted by Gasteiger charge is 2.53. The average Bonchev–Trinajstić information content (AvgIpc) is 2.86. The zero-order valence-corrected chi connectivity index (χ0v) is 12.7. The Balaban J connectivity index is 1.66. The molecule has 19 heavy (non-hydrogen) atoms. The van der Waals surface area contributed by atoms with Gasteiger partial charge in [0.15, 0.2) is 0 Å². The summed E-state index contributed by atoms with van der Waals surface area (Å²) in [5.74, 6) is 2.96. The molecule has 1 aromatic heterocycles. The number of rotatable bonds is 3. The van der Waals surface area contributed by atoms with Crippen LogP contribution in [-0.2, 0) is 5.41 Å². The van der Waals surface area contributed by atoms with Gasteiger partial charge in [0.2, 0.25) is 0 Å². The molecule has 1 heterocycles. The second-order valence-corrected chi connectivity index (χ2v) is 8.16. The van der Waals surface area contributed by atoms with Gasteiger partial charge < -0.3 is 5.32 Å². The molecule has 4 aliphatic rings. The van der Waals surface area contributed by atoms with Crippen molar-refractivity contribution in [2.45, 2.75) is 56.9 Å². The summed E-state index contributed by atoms with van der Waals surface area (Å²) >= 11 is 1.87. The molecular weight excluding hydrogens is 254 g/mol. The summed E-state index contributed by atoms with van der Waals surface area (Å²) < 4.78 is 0. The van der Waals surface area contributed by atoms with E-state index in [1.807, 2.05) is 18.4 Å². The van der Waals surface area contributed by atoms with E-state index in [1.165, 1.54) is 43.5 Å². The van der Waals surface area contributed by atoms with E-state index in [4.69, 9.17) is 0 Å². The minimum Gasteiger partial charge on any atom is -0.311 e. The number of hydrogen-bond donors (Lipinski definition) is 1. The molecule has 1 unspecified atom stereocenters. The molecule has 4 fully saturated rings. The molecule has 0 aromatic carbocycles.